The van der Waals surface area contributed by atoms with Crippen LogP contribution < -0.4 is 5.32 Å². The highest BCUT2D eigenvalue weighted by atomic mass is 16.4. The van der Waals surface area contributed by atoms with Crippen molar-refractivity contribution in [2.45, 2.75) is 52.6 Å². The maximum Gasteiger partial charge on any atom is 0.326 e. The molecule has 0 aromatic rings. The van der Waals surface area contributed by atoms with Gasteiger partial charge < -0.3 is 15.3 Å². The minimum atomic E-state index is -1.01. The van der Waals surface area contributed by atoms with E-state index < -0.39 is 12.0 Å². The molecule has 110 valence electrons. The summed E-state index contributed by atoms with van der Waals surface area (Å²) >= 11 is 0. The van der Waals surface area contributed by atoms with E-state index >= 15 is 0 Å². The molecule has 0 aliphatic rings. The van der Waals surface area contributed by atoms with Gasteiger partial charge in [-0.05, 0) is 33.1 Å². The Morgan fingerprint density at radius 2 is 1.89 bits per heavy atom. The molecule has 0 saturated heterocycles. The molecular formula is C14H26N2O3. The van der Waals surface area contributed by atoms with Gasteiger partial charge in [0.2, 0.25) is 0 Å². The maximum absolute atomic E-state index is 12.2. The number of carbonyl (C=O) groups is 2. The molecule has 0 fully saturated rings. The Morgan fingerprint density at radius 3 is 2.21 bits per heavy atom. The molecule has 0 aromatic carbocycles. The van der Waals surface area contributed by atoms with Gasteiger partial charge in [-0.25, -0.2) is 9.59 Å². The van der Waals surface area contributed by atoms with E-state index in [4.69, 9.17) is 5.11 Å². The largest absolute Gasteiger partial charge is 0.480 e. The number of aliphatic carboxylic acids is 1. The summed E-state index contributed by atoms with van der Waals surface area (Å²) in [5.74, 6) is -0.807. The summed E-state index contributed by atoms with van der Waals surface area (Å²) in [5, 5.41) is 11.7. The first-order valence-electron chi connectivity index (χ1n) is 6.51. The Labute approximate surface area is 115 Å². The van der Waals surface area contributed by atoms with Gasteiger partial charge in [0.15, 0.2) is 0 Å². The Bertz CT molecular complexity index is 332. The minimum Gasteiger partial charge on any atom is -0.480 e. The summed E-state index contributed by atoms with van der Waals surface area (Å²) in [7, 11) is 0. The van der Waals surface area contributed by atoms with Gasteiger partial charge in [0, 0.05) is 12.1 Å². The van der Waals surface area contributed by atoms with Crippen molar-refractivity contribution in [3.05, 3.63) is 12.7 Å². The quantitative estimate of drug-likeness (QED) is 0.728. The molecule has 0 unspecified atom stereocenters. The fraction of sp³-hybridized carbons (Fsp3) is 0.714. The van der Waals surface area contributed by atoms with Crippen molar-refractivity contribution in [1.82, 2.24) is 10.2 Å². The molecule has 0 aliphatic carbocycles. The van der Waals surface area contributed by atoms with Crippen molar-refractivity contribution in [1.29, 1.82) is 0 Å². The molecule has 0 spiro atoms. The maximum atomic E-state index is 12.2. The van der Waals surface area contributed by atoms with E-state index in [0.29, 0.717) is 13.0 Å². The lowest BCUT2D eigenvalue weighted by atomic mass is 10.0. The molecule has 0 bridgehead atoms. The fourth-order valence-electron chi connectivity index (χ4n) is 1.71. The zero-order valence-electron chi connectivity index (χ0n) is 12.6. The smallest absolute Gasteiger partial charge is 0.326 e. The number of carboxylic acids is 1. The van der Waals surface area contributed by atoms with Crippen molar-refractivity contribution in [3.63, 3.8) is 0 Å². The fourth-order valence-corrected chi connectivity index (χ4v) is 1.71. The first-order chi connectivity index (χ1) is 8.59. The van der Waals surface area contributed by atoms with E-state index in [9.17, 15) is 9.59 Å². The third kappa shape index (κ3) is 6.27. The van der Waals surface area contributed by atoms with Gasteiger partial charge in [0.25, 0.3) is 0 Å². The molecule has 0 aromatic heterocycles. The standard InChI is InChI=1S/C14H26N2O3/c1-7-8-16(14(4,5)6)13(19)15-11(12(17)18)9-10(2)3/h7,10-11H,1,8-9H2,2-6H3,(H,15,19)(H,17,18)/t11-/m0/s1. The third-order valence-electron chi connectivity index (χ3n) is 2.67. The first-order valence-corrected chi connectivity index (χ1v) is 6.51. The highest BCUT2D eigenvalue weighted by Gasteiger charge is 2.29. The van der Waals surface area contributed by atoms with E-state index in [1.54, 1.807) is 11.0 Å². The zero-order chi connectivity index (χ0) is 15.2. The number of nitrogens with zero attached hydrogens (tertiary/aromatic N) is 1. The number of nitrogens with one attached hydrogen (secondary N) is 1. The van der Waals surface area contributed by atoms with E-state index in [1.807, 2.05) is 34.6 Å². The molecule has 2 N–H and O–H groups in total. The summed E-state index contributed by atoms with van der Waals surface area (Å²) < 4.78 is 0. The predicted molar refractivity (Wildman–Crippen MR) is 76.1 cm³/mol. The van der Waals surface area contributed by atoms with Crippen LogP contribution in [0.15, 0.2) is 12.7 Å². The Kier molecular flexibility index (Phi) is 6.59. The number of amides is 2. The average Bonchev–Trinajstić information content (AvgIpc) is 2.22. The second-order valence-electron chi connectivity index (χ2n) is 6.04. The molecule has 0 radical (unpaired) electrons. The molecule has 0 saturated carbocycles. The number of carbonyl (C=O) groups excluding carboxylic acids is 1. The molecule has 19 heavy (non-hydrogen) atoms. The van der Waals surface area contributed by atoms with Crippen molar-refractivity contribution in [2.24, 2.45) is 5.92 Å². The summed E-state index contributed by atoms with van der Waals surface area (Å²) in [6.45, 7) is 13.5. The van der Waals surface area contributed by atoms with Crippen molar-refractivity contribution in [3.8, 4) is 0 Å². The molecule has 0 heterocycles. The summed E-state index contributed by atoms with van der Waals surface area (Å²) in [4.78, 5) is 24.9. The van der Waals surface area contributed by atoms with E-state index in [1.165, 1.54) is 0 Å². The number of carboxylic acid groups (broad SMARTS) is 1. The second kappa shape index (κ2) is 7.16. The number of hydrogen-bond donors (Lipinski definition) is 2. The Hall–Kier alpha value is -1.52. The molecule has 0 aliphatic heterocycles. The topological polar surface area (TPSA) is 69.6 Å². The summed E-state index contributed by atoms with van der Waals surface area (Å²) in [5.41, 5.74) is -0.390. The van der Waals surface area contributed by atoms with Gasteiger partial charge in [-0.15, -0.1) is 6.58 Å². The lowest BCUT2D eigenvalue weighted by molar-refractivity contribution is -0.139. The van der Waals surface area contributed by atoms with Crippen LogP contribution in [0.25, 0.3) is 0 Å². The third-order valence-corrected chi connectivity index (χ3v) is 2.67. The lowest BCUT2D eigenvalue weighted by Crippen LogP contribution is -2.54. The molecule has 2 amide bonds. The minimum absolute atomic E-state index is 0.198. The highest BCUT2D eigenvalue weighted by molar-refractivity contribution is 5.83. The molecule has 0 rings (SSSR count). The average molecular weight is 270 g/mol. The van der Waals surface area contributed by atoms with Gasteiger partial charge in [0.1, 0.15) is 6.04 Å². The van der Waals surface area contributed by atoms with Gasteiger partial charge in [-0.2, -0.15) is 0 Å². The van der Waals surface area contributed by atoms with Crippen LogP contribution in [-0.4, -0.2) is 40.1 Å². The molecule has 5 nitrogen and oxygen atoms in total. The van der Waals surface area contributed by atoms with Crippen LogP contribution in [0.2, 0.25) is 0 Å². The van der Waals surface area contributed by atoms with Gasteiger partial charge in [-0.3, -0.25) is 0 Å². The van der Waals surface area contributed by atoms with E-state index in [-0.39, 0.29) is 17.5 Å². The van der Waals surface area contributed by atoms with Crippen LogP contribution in [0, 0.1) is 5.92 Å². The van der Waals surface area contributed by atoms with Gasteiger partial charge in [0.05, 0.1) is 0 Å². The first kappa shape index (κ1) is 17.5. The number of hydrogen-bond acceptors (Lipinski definition) is 2. The van der Waals surface area contributed by atoms with Crippen LogP contribution in [0.5, 0.6) is 0 Å². The summed E-state index contributed by atoms with van der Waals surface area (Å²) in [6.07, 6.45) is 2.04. The Morgan fingerprint density at radius 1 is 1.37 bits per heavy atom. The van der Waals surface area contributed by atoms with Crippen LogP contribution >= 0.6 is 0 Å². The number of urea groups is 1. The Balaban J connectivity index is 4.85. The molecule has 5 heteroatoms. The highest BCUT2D eigenvalue weighted by Crippen LogP contribution is 2.14. The van der Waals surface area contributed by atoms with Crippen molar-refractivity contribution in [2.75, 3.05) is 6.54 Å². The van der Waals surface area contributed by atoms with Crippen LogP contribution in [0.1, 0.15) is 41.0 Å². The van der Waals surface area contributed by atoms with Crippen LogP contribution in [-0.2, 0) is 4.79 Å². The number of rotatable bonds is 6. The monoisotopic (exact) mass is 270 g/mol. The van der Waals surface area contributed by atoms with Crippen LogP contribution in [0.4, 0.5) is 4.79 Å². The van der Waals surface area contributed by atoms with Crippen molar-refractivity contribution >= 4 is 12.0 Å². The van der Waals surface area contributed by atoms with Crippen LogP contribution in [0.3, 0.4) is 0 Å². The van der Waals surface area contributed by atoms with Crippen molar-refractivity contribution < 1.29 is 14.7 Å². The van der Waals surface area contributed by atoms with E-state index in [2.05, 4.69) is 11.9 Å². The molecule has 1 atom stereocenters. The van der Waals surface area contributed by atoms with Gasteiger partial charge >= 0.3 is 12.0 Å². The normalized spacial score (nSPS) is 12.9. The SMILES string of the molecule is C=CCN(C(=O)N[C@@H](CC(C)C)C(=O)O)C(C)(C)C. The predicted octanol–water partition coefficient (Wildman–Crippen LogP) is 2.48. The summed E-state index contributed by atoms with van der Waals surface area (Å²) in [6, 6.07) is -1.23. The second-order valence-corrected chi connectivity index (χ2v) is 6.04. The van der Waals surface area contributed by atoms with E-state index in [0.717, 1.165) is 0 Å². The van der Waals surface area contributed by atoms with Gasteiger partial charge in [-0.1, -0.05) is 19.9 Å². The molecular weight excluding hydrogens is 244 g/mol. The lowest BCUT2D eigenvalue weighted by Gasteiger charge is -2.35. The zero-order valence-corrected chi connectivity index (χ0v) is 12.6.